The zero-order valence-corrected chi connectivity index (χ0v) is 13.6. The van der Waals surface area contributed by atoms with Crippen LogP contribution in [-0.2, 0) is 19.5 Å². The molecule has 0 unspecified atom stereocenters. The van der Waals surface area contributed by atoms with E-state index in [0.717, 1.165) is 31.8 Å². The van der Waals surface area contributed by atoms with Gasteiger partial charge in [-0.05, 0) is 31.7 Å². The Morgan fingerprint density at radius 3 is 3.19 bits per heavy atom. The molecule has 1 aliphatic heterocycles. The number of thiazole rings is 1. The molecule has 0 aliphatic carbocycles. The molecular weight excluding hydrogens is 280 g/mol. The topological polar surface area (TPSA) is 34.0 Å². The molecule has 2 aromatic heterocycles. The molecule has 1 saturated heterocycles. The van der Waals surface area contributed by atoms with Crippen LogP contribution in [0.1, 0.15) is 36.8 Å². The minimum atomic E-state index is 0.760. The van der Waals surface area contributed by atoms with E-state index in [1.165, 1.54) is 36.5 Å². The molecule has 0 radical (unpaired) electrons. The van der Waals surface area contributed by atoms with E-state index in [4.69, 9.17) is 0 Å². The lowest BCUT2D eigenvalue weighted by Crippen LogP contribution is -2.35. The number of aromatic nitrogens is 3. The summed E-state index contributed by atoms with van der Waals surface area (Å²) in [6.07, 6.45) is 11.1. The van der Waals surface area contributed by atoms with Crippen molar-refractivity contribution in [2.75, 3.05) is 13.1 Å². The summed E-state index contributed by atoms with van der Waals surface area (Å²) in [7, 11) is 0. The molecule has 3 rings (SSSR count). The van der Waals surface area contributed by atoms with Crippen LogP contribution in [0, 0.1) is 5.92 Å². The molecule has 4 nitrogen and oxygen atoms in total. The third-order valence-electron chi connectivity index (χ3n) is 4.10. The summed E-state index contributed by atoms with van der Waals surface area (Å²) >= 11 is 1.79. The van der Waals surface area contributed by atoms with Gasteiger partial charge in [-0.1, -0.05) is 6.92 Å². The fourth-order valence-electron chi connectivity index (χ4n) is 3.16. The van der Waals surface area contributed by atoms with Crippen LogP contribution in [0.2, 0.25) is 0 Å². The predicted molar refractivity (Wildman–Crippen MR) is 86.3 cm³/mol. The quantitative estimate of drug-likeness (QED) is 0.822. The van der Waals surface area contributed by atoms with Gasteiger partial charge in [0.1, 0.15) is 0 Å². The van der Waals surface area contributed by atoms with Gasteiger partial charge in [0.25, 0.3) is 0 Å². The van der Waals surface area contributed by atoms with Gasteiger partial charge in [0, 0.05) is 49.4 Å². The van der Waals surface area contributed by atoms with E-state index in [0.29, 0.717) is 0 Å². The summed E-state index contributed by atoms with van der Waals surface area (Å²) in [5, 5.41) is 7.80. The van der Waals surface area contributed by atoms with Crippen LogP contribution in [0.5, 0.6) is 0 Å². The highest BCUT2D eigenvalue weighted by Crippen LogP contribution is 2.23. The molecule has 0 aromatic carbocycles. The van der Waals surface area contributed by atoms with E-state index >= 15 is 0 Å². The van der Waals surface area contributed by atoms with E-state index in [1.54, 1.807) is 11.3 Å². The molecule has 3 heterocycles. The van der Waals surface area contributed by atoms with Crippen LogP contribution < -0.4 is 0 Å². The van der Waals surface area contributed by atoms with Crippen molar-refractivity contribution in [2.45, 2.75) is 45.7 Å². The second-order valence-corrected chi connectivity index (χ2v) is 6.96. The van der Waals surface area contributed by atoms with E-state index in [-0.39, 0.29) is 0 Å². The van der Waals surface area contributed by atoms with Gasteiger partial charge in [-0.15, -0.1) is 11.3 Å². The largest absolute Gasteiger partial charge is 0.299 e. The first-order chi connectivity index (χ1) is 10.3. The Morgan fingerprint density at radius 2 is 2.38 bits per heavy atom. The Kier molecular flexibility index (Phi) is 5.04. The molecule has 114 valence electrons. The van der Waals surface area contributed by atoms with E-state index in [1.807, 2.05) is 12.4 Å². The van der Waals surface area contributed by atoms with Gasteiger partial charge < -0.3 is 0 Å². The summed E-state index contributed by atoms with van der Waals surface area (Å²) in [5.74, 6) is 0.760. The van der Waals surface area contributed by atoms with Crippen molar-refractivity contribution in [2.24, 2.45) is 5.92 Å². The van der Waals surface area contributed by atoms with Crippen molar-refractivity contribution in [3.05, 3.63) is 34.5 Å². The maximum Gasteiger partial charge on any atom is 0.0928 e. The first kappa shape index (κ1) is 14.7. The van der Waals surface area contributed by atoms with Gasteiger partial charge in [0.2, 0.25) is 0 Å². The second kappa shape index (κ2) is 7.18. The highest BCUT2D eigenvalue weighted by atomic mass is 32.1. The van der Waals surface area contributed by atoms with Crippen molar-refractivity contribution in [1.82, 2.24) is 19.7 Å². The predicted octanol–water partition coefficient (Wildman–Crippen LogP) is 3.20. The maximum atomic E-state index is 4.43. The summed E-state index contributed by atoms with van der Waals surface area (Å²) in [4.78, 5) is 7.01. The molecule has 0 spiro atoms. The average Bonchev–Trinajstić information content (AvgIpc) is 3.12. The molecular formula is C16H24N4S. The fourth-order valence-corrected chi connectivity index (χ4v) is 3.89. The van der Waals surface area contributed by atoms with Gasteiger partial charge >= 0.3 is 0 Å². The second-order valence-electron chi connectivity index (χ2n) is 5.98. The van der Waals surface area contributed by atoms with Gasteiger partial charge in [-0.2, -0.15) is 5.10 Å². The summed E-state index contributed by atoms with van der Waals surface area (Å²) in [5.41, 5.74) is 1.35. The lowest BCUT2D eigenvalue weighted by molar-refractivity contribution is 0.167. The van der Waals surface area contributed by atoms with Gasteiger partial charge in [0.15, 0.2) is 0 Å². The Labute approximate surface area is 130 Å². The average molecular weight is 304 g/mol. The summed E-state index contributed by atoms with van der Waals surface area (Å²) in [6, 6.07) is 0. The van der Waals surface area contributed by atoms with Crippen LogP contribution in [0.25, 0.3) is 0 Å². The standard InChI is InChI=1S/C16H24N4S/c1-2-6-20-13-15(10-18-20)12-19-7-3-4-14(11-19)9-16-17-5-8-21-16/h5,8,10,13-14H,2-4,6-7,9,11-12H2,1H3/t14-/m0/s1. The Balaban J connectivity index is 1.53. The van der Waals surface area contributed by atoms with Gasteiger partial charge in [0.05, 0.1) is 11.2 Å². The van der Waals surface area contributed by atoms with Crippen molar-refractivity contribution < 1.29 is 0 Å². The van der Waals surface area contributed by atoms with Crippen molar-refractivity contribution in [1.29, 1.82) is 0 Å². The smallest absolute Gasteiger partial charge is 0.0928 e. The molecule has 0 N–H and O–H groups in total. The first-order valence-electron chi connectivity index (χ1n) is 7.95. The van der Waals surface area contributed by atoms with Crippen LogP contribution >= 0.6 is 11.3 Å². The lowest BCUT2D eigenvalue weighted by Gasteiger charge is -2.32. The highest BCUT2D eigenvalue weighted by Gasteiger charge is 2.21. The number of hydrogen-bond acceptors (Lipinski definition) is 4. The number of likely N-dealkylation sites (tertiary alicyclic amines) is 1. The number of hydrogen-bond donors (Lipinski definition) is 0. The Hall–Kier alpha value is -1.20. The Morgan fingerprint density at radius 1 is 1.43 bits per heavy atom. The van der Waals surface area contributed by atoms with Crippen molar-refractivity contribution in [3.63, 3.8) is 0 Å². The Bertz CT molecular complexity index is 534. The summed E-state index contributed by atoms with van der Waals surface area (Å²) in [6.45, 7) is 6.66. The van der Waals surface area contributed by atoms with Crippen LogP contribution in [0.3, 0.4) is 0 Å². The number of aryl methyl sites for hydroxylation is 1. The lowest BCUT2D eigenvalue weighted by atomic mass is 9.95. The summed E-state index contributed by atoms with van der Waals surface area (Å²) < 4.78 is 2.06. The minimum absolute atomic E-state index is 0.760. The molecule has 5 heteroatoms. The fraction of sp³-hybridized carbons (Fsp3) is 0.625. The van der Waals surface area contributed by atoms with Crippen molar-refractivity contribution in [3.8, 4) is 0 Å². The molecule has 1 aliphatic rings. The minimum Gasteiger partial charge on any atom is -0.299 e. The first-order valence-corrected chi connectivity index (χ1v) is 8.83. The number of piperidine rings is 1. The molecule has 1 fully saturated rings. The van der Waals surface area contributed by atoms with E-state index < -0.39 is 0 Å². The van der Waals surface area contributed by atoms with Crippen LogP contribution in [-0.4, -0.2) is 32.8 Å². The van der Waals surface area contributed by atoms with Gasteiger partial charge in [-0.25, -0.2) is 4.98 Å². The highest BCUT2D eigenvalue weighted by molar-refractivity contribution is 7.09. The number of rotatable bonds is 6. The van der Waals surface area contributed by atoms with Crippen molar-refractivity contribution >= 4 is 11.3 Å². The molecule has 0 amide bonds. The van der Waals surface area contributed by atoms with Gasteiger partial charge in [-0.3, -0.25) is 9.58 Å². The van der Waals surface area contributed by atoms with Crippen LogP contribution in [0.4, 0.5) is 0 Å². The molecule has 2 aromatic rings. The maximum absolute atomic E-state index is 4.43. The molecule has 21 heavy (non-hydrogen) atoms. The molecule has 0 bridgehead atoms. The van der Waals surface area contributed by atoms with E-state index in [2.05, 4.69) is 38.2 Å². The molecule has 1 atom stereocenters. The number of nitrogens with zero attached hydrogens (tertiary/aromatic N) is 4. The molecule has 0 saturated carbocycles. The third-order valence-corrected chi connectivity index (χ3v) is 4.90. The normalized spacial score (nSPS) is 20.0. The monoisotopic (exact) mass is 304 g/mol. The third kappa shape index (κ3) is 4.14. The zero-order chi connectivity index (χ0) is 14.5. The SMILES string of the molecule is CCCn1cc(CN2CCC[C@@H](Cc3nccs3)C2)cn1. The van der Waals surface area contributed by atoms with Crippen LogP contribution in [0.15, 0.2) is 24.0 Å². The zero-order valence-electron chi connectivity index (χ0n) is 12.7. The van der Waals surface area contributed by atoms with E-state index in [9.17, 15) is 0 Å².